The molecule has 2 rings (SSSR count). The Kier molecular flexibility index (Phi) is 1.31. The number of hydrogen-bond donors (Lipinski definition) is 0. The molecule has 0 aromatic rings. The van der Waals surface area contributed by atoms with Crippen LogP contribution in [0.4, 0.5) is 0 Å². The molecule has 0 amide bonds. The maximum atomic E-state index is 10.9. The molecule has 1 aliphatic carbocycles. The molecule has 10 heavy (non-hydrogen) atoms. The summed E-state index contributed by atoms with van der Waals surface area (Å²) in [4.78, 5) is 13.0. The lowest BCUT2D eigenvalue weighted by atomic mass is 10.0. The van der Waals surface area contributed by atoms with Crippen molar-refractivity contribution in [2.24, 2.45) is 11.8 Å². The third-order valence-corrected chi connectivity index (χ3v) is 2.63. The quantitative estimate of drug-likeness (QED) is 0.459. The average Bonchev–Trinajstić information content (AvgIpc) is 2.21. The van der Waals surface area contributed by atoms with Crippen LogP contribution < -0.4 is 0 Å². The maximum absolute atomic E-state index is 10.9. The van der Waals surface area contributed by atoms with Crippen molar-refractivity contribution in [2.75, 3.05) is 13.1 Å². The van der Waals surface area contributed by atoms with Crippen molar-refractivity contribution in [3.63, 3.8) is 0 Å². The van der Waals surface area contributed by atoms with Crippen LogP contribution in [-0.4, -0.2) is 23.8 Å². The zero-order valence-corrected chi connectivity index (χ0v) is 6.05. The molecule has 0 spiro atoms. The summed E-state index contributed by atoms with van der Waals surface area (Å²) in [6.07, 6.45) is 1.63. The van der Waals surface area contributed by atoms with Gasteiger partial charge in [-0.05, 0) is 24.9 Å². The molecule has 2 aliphatic rings. The fourth-order valence-electron chi connectivity index (χ4n) is 2.17. The van der Waals surface area contributed by atoms with Gasteiger partial charge in [0.25, 0.3) is 0 Å². The SMILES string of the molecule is [CH2-]N1CC2CC(=O)CC2C1. The van der Waals surface area contributed by atoms with Crippen LogP contribution in [-0.2, 0) is 4.79 Å². The largest absolute Gasteiger partial charge is 0.459 e. The molecule has 2 fully saturated rings. The molecule has 0 bridgehead atoms. The summed E-state index contributed by atoms with van der Waals surface area (Å²) < 4.78 is 0. The number of carbonyl (C=O) groups excluding carboxylic acids is 1. The summed E-state index contributed by atoms with van der Waals surface area (Å²) in [5.41, 5.74) is 0. The van der Waals surface area contributed by atoms with Crippen LogP contribution in [0.5, 0.6) is 0 Å². The minimum absolute atomic E-state index is 0.461. The minimum atomic E-state index is 0.461. The van der Waals surface area contributed by atoms with E-state index in [1.165, 1.54) is 0 Å². The normalized spacial score (nSPS) is 40.7. The van der Waals surface area contributed by atoms with E-state index in [4.69, 9.17) is 0 Å². The molecule has 1 saturated carbocycles. The Labute approximate surface area is 61.2 Å². The van der Waals surface area contributed by atoms with Gasteiger partial charge in [0.2, 0.25) is 0 Å². The smallest absolute Gasteiger partial charge is 0.133 e. The zero-order chi connectivity index (χ0) is 7.14. The van der Waals surface area contributed by atoms with Crippen LogP contribution in [0, 0.1) is 18.9 Å². The lowest BCUT2D eigenvalue weighted by molar-refractivity contribution is -0.117. The van der Waals surface area contributed by atoms with Gasteiger partial charge in [0.1, 0.15) is 5.78 Å². The molecule has 0 aromatic heterocycles. The van der Waals surface area contributed by atoms with Crippen molar-refractivity contribution in [3.05, 3.63) is 7.05 Å². The fraction of sp³-hybridized carbons (Fsp3) is 0.750. The number of likely N-dealkylation sites (tertiary alicyclic amines) is 1. The molecule has 0 N–H and O–H groups in total. The van der Waals surface area contributed by atoms with E-state index in [-0.39, 0.29) is 0 Å². The molecular formula is C8H12NO-. The van der Waals surface area contributed by atoms with Crippen molar-refractivity contribution in [2.45, 2.75) is 12.8 Å². The van der Waals surface area contributed by atoms with E-state index in [9.17, 15) is 4.79 Å². The zero-order valence-electron chi connectivity index (χ0n) is 6.05. The Hall–Kier alpha value is -0.370. The Balaban J connectivity index is 2.06. The summed E-state index contributed by atoms with van der Waals surface area (Å²) >= 11 is 0. The predicted molar refractivity (Wildman–Crippen MR) is 38.2 cm³/mol. The van der Waals surface area contributed by atoms with E-state index in [1.54, 1.807) is 0 Å². The van der Waals surface area contributed by atoms with E-state index < -0.39 is 0 Å². The molecule has 1 aliphatic heterocycles. The number of ketones is 1. The lowest BCUT2D eigenvalue weighted by Gasteiger charge is -2.16. The molecule has 2 unspecified atom stereocenters. The number of hydrogen-bond acceptors (Lipinski definition) is 2. The van der Waals surface area contributed by atoms with Crippen LogP contribution in [0.2, 0.25) is 0 Å². The Morgan fingerprint density at radius 2 is 1.80 bits per heavy atom. The second-order valence-electron chi connectivity index (χ2n) is 3.50. The van der Waals surface area contributed by atoms with Crippen LogP contribution >= 0.6 is 0 Å². The van der Waals surface area contributed by atoms with Crippen LogP contribution in [0.15, 0.2) is 0 Å². The molecule has 1 saturated heterocycles. The molecule has 1 heterocycles. The topological polar surface area (TPSA) is 20.3 Å². The molecule has 2 atom stereocenters. The van der Waals surface area contributed by atoms with Gasteiger partial charge in [0, 0.05) is 12.8 Å². The van der Waals surface area contributed by atoms with Crippen LogP contribution in [0.1, 0.15) is 12.8 Å². The van der Waals surface area contributed by atoms with Gasteiger partial charge < -0.3 is 4.90 Å². The lowest BCUT2D eigenvalue weighted by Crippen LogP contribution is -2.13. The highest BCUT2D eigenvalue weighted by molar-refractivity contribution is 5.81. The molecule has 2 nitrogen and oxygen atoms in total. The Morgan fingerprint density at radius 3 is 2.30 bits per heavy atom. The summed E-state index contributed by atoms with van der Waals surface area (Å²) in [6.45, 7) is 2.08. The number of carbonyl (C=O) groups is 1. The van der Waals surface area contributed by atoms with Crippen molar-refractivity contribution in [1.82, 2.24) is 4.90 Å². The summed E-state index contributed by atoms with van der Waals surface area (Å²) in [6, 6.07) is 0. The van der Waals surface area contributed by atoms with Crippen molar-refractivity contribution in [3.8, 4) is 0 Å². The van der Waals surface area contributed by atoms with Gasteiger partial charge in [0.05, 0.1) is 0 Å². The summed E-state index contributed by atoms with van der Waals surface area (Å²) in [5, 5.41) is 0. The first-order valence-electron chi connectivity index (χ1n) is 3.83. The average molecular weight is 138 g/mol. The van der Waals surface area contributed by atoms with E-state index >= 15 is 0 Å². The number of fused-ring (bicyclic) bond motifs is 1. The third-order valence-electron chi connectivity index (χ3n) is 2.63. The highest BCUT2D eigenvalue weighted by Crippen LogP contribution is 2.35. The van der Waals surface area contributed by atoms with Crippen LogP contribution in [0.3, 0.4) is 0 Å². The Bertz CT molecular complexity index is 151. The molecule has 0 aromatic carbocycles. The number of Topliss-reactive ketones (excluding diaryl/α,β-unsaturated/α-hetero) is 1. The highest BCUT2D eigenvalue weighted by atomic mass is 16.1. The van der Waals surface area contributed by atoms with Crippen LogP contribution in [0.25, 0.3) is 0 Å². The molecule has 0 radical (unpaired) electrons. The monoisotopic (exact) mass is 138 g/mol. The number of rotatable bonds is 0. The van der Waals surface area contributed by atoms with E-state index in [1.807, 2.05) is 0 Å². The first-order valence-corrected chi connectivity index (χ1v) is 3.83. The first-order chi connectivity index (χ1) is 4.75. The minimum Gasteiger partial charge on any atom is -0.459 e. The summed E-state index contributed by atoms with van der Waals surface area (Å²) in [7, 11) is 3.87. The van der Waals surface area contributed by atoms with Crippen molar-refractivity contribution >= 4 is 5.78 Å². The predicted octanol–water partition coefficient (Wildman–Crippen LogP) is 0.689. The third kappa shape index (κ3) is 0.870. The first kappa shape index (κ1) is 6.35. The number of nitrogens with zero attached hydrogens (tertiary/aromatic N) is 1. The molecule has 2 heteroatoms. The Morgan fingerprint density at radius 1 is 1.30 bits per heavy atom. The second-order valence-corrected chi connectivity index (χ2v) is 3.50. The standard InChI is InChI=1S/C8H12NO/c1-9-4-6-2-8(10)3-7(6)5-9/h6-7H,1-5H2/q-1. The van der Waals surface area contributed by atoms with Gasteiger partial charge in [-0.1, -0.05) is 0 Å². The summed E-state index contributed by atoms with van der Waals surface area (Å²) in [5.74, 6) is 1.75. The van der Waals surface area contributed by atoms with Gasteiger partial charge in [-0.15, -0.1) is 0 Å². The molecular weight excluding hydrogens is 126 g/mol. The van der Waals surface area contributed by atoms with Gasteiger partial charge in [-0.25, -0.2) is 0 Å². The van der Waals surface area contributed by atoms with E-state index in [0.717, 1.165) is 25.9 Å². The maximum Gasteiger partial charge on any atom is 0.133 e. The van der Waals surface area contributed by atoms with Gasteiger partial charge in [-0.3, -0.25) is 11.8 Å². The second kappa shape index (κ2) is 2.06. The molecule has 56 valence electrons. The van der Waals surface area contributed by atoms with Crippen molar-refractivity contribution in [1.29, 1.82) is 0 Å². The highest BCUT2D eigenvalue weighted by Gasteiger charge is 2.36. The van der Waals surface area contributed by atoms with Gasteiger partial charge >= 0.3 is 0 Å². The fourth-order valence-corrected chi connectivity index (χ4v) is 2.17. The van der Waals surface area contributed by atoms with Gasteiger partial charge in [0.15, 0.2) is 0 Å². The van der Waals surface area contributed by atoms with E-state index in [0.29, 0.717) is 17.6 Å². The van der Waals surface area contributed by atoms with Crippen molar-refractivity contribution < 1.29 is 4.79 Å². The van der Waals surface area contributed by atoms with E-state index in [2.05, 4.69) is 11.9 Å². The van der Waals surface area contributed by atoms with Gasteiger partial charge in [-0.2, -0.15) is 0 Å².